The van der Waals surface area contributed by atoms with Crippen LogP contribution in [0.5, 0.6) is 0 Å². The van der Waals surface area contributed by atoms with Crippen molar-refractivity contribution in [3.05, 3.63) is 65.9 Å². The third kappa shape index (κ3) is 2.92. The van der Waals surface area contributed by atoms with E-state index in [9.17, 15) is 9.18 Å². The second-order valence-corrected chi connectivity index (χ2v) is 5.62. The van der Waals surface area contributed by atoms with Crippen LogP contribution in [-0.4, -0.2) is 26.4 Å². The van der Waals surface area contributed by atoms with E-state index in [1.165, 1.54) is 24.3 Å². The molecule has 4 aromatic rings. The Morgan fingerprint density at radius 3 is 2.73 bits per heavy atom. The predicted octanol–water partition coefficient (Wildman–Crippen LogP) is 3.67. The van der Waals surface area contributed by atoms with E-state index in [0.29, 0.717) is 10.9 Å². The van der Waals surface area contributed by atoms with Gasteiger partial charge in [-0.1, -0.05) is 18.2 Å². The van der Waals surface area contributed by atoms with Crippen LogP contribution in [0.3, 0.4) is 0 Å². The molecule has 2 aromatic heterocycles. The number of nitrogens with zero attached hydrogens (tertiary/aromatic N) is 3. The minimum Gasteiger partial charge on any atom is -0.448 e. The van der Waals surface area contributed by atoms with Gasteiger partial charge < -0.3 is 9.15 Å². The number of H-pyrrole nitrogens is 1. The molecule has 7 nitrogen and oxygen atoms in total. The molecule has 1 N–H and O–H groups in total. The molecule has 26 heavy (non-hydrogen) atoms. The Morgan fingerprint density at radius 1 is 1.15 bits per heavy atom. The minimum atomic E-state index is -0.764. The quantitative estimate of drug-likeness (QED) is 0.563. The van der Waals surface area contributed by atoms with E-state index in [-0.39, 0.29) is 23.3 Å². The number of fused-ring (bicyclic) bond motifs is 1. The topological polar surface area (TPSA) is 93.9 Å². The lowest BCUT2D eigenvalue weighted by molar-refractivity contribution is 0.0275. The Labute approximate surface area is 146 Å². The molecule has 0 amide bonds. The molecule has 0 fully saturated rings. The lowest BCUT2D eigenvalue weighted by Gasteiger charge is -2.07. The third-order valence-corrected chi connectivity index (χ3v) is 3.83. The molecule has 8 heteroatoms. The monoisotopic (exact) mass is 352 g/mol. The number of aromatic nitrogens is 4. The van der Waals surface area contributed by atoms with Crippen LogP contribution in [0.2, 0.25) is 0 Å². The van der Waals surface area contributed by atoms with Crippen molar-refractivity contribution in [3.8, 4) is 11.5 Å². The molecule has 0 aliphatic heterocycles. The zero-order valence-corrected chi connectivity index (χ0v) is 13.6. The number of nitrogens with one attached hydrogen (secondary N) is 1. The Bertz CT molecular complexity index is 1070. The number of ether oxygens (including phenoxy) is 1. The summed E-state index contributed by atoms with van der Waals surface area (Å²) in [5, 5.41) is 15.3. The number of hydrogen-bond donors (Lipinski definition) is 1. The van der Waals surface area contributed by atoms with Crippen molar-refractivity contribution in [3.63, 3.8) is 0 Å². The highest BCUT2D eigenvalue weighted by molar-refractivity contribution is 6.01. The number of halogens is 1. The lowest BCUT2D eigenvalue weighted by Crippen LogP contribution is -2.10. The highest BCUT2D eigenvalue weighted by Gasteiger charge is 2.22. The van der Waals surface area contributed by atoms with E-state index in [4.69, 9.17) is 9.15 Å². The molecule has 0 bridgehead atoms. The van der Waals surface area contributed by atoms with Crippen LogP contribution in [0.1, 0.15) is 29.4 Å². The van der Waals surface area contributed by atoms with E-state index < -0.39 is 12.1 Å². The largest absolute Gasteiger partial charge is 0.448 e. The number of carbonyl (C=O) groups excluding carboxylic acids is 1. The first-order valence-electron chi connectivity index (χ1n) is 7.85. The maximum atomic E-state index is 13.0. The van der Waals surface area contributed by atoms with Gasteiger partial charge in [-0.3, -0.25) is 5.10 Å². The van der Waals surface area contributed by atoms with E-state index in [1.54, 1.807) is 13.0 Å². The lowest BCUT2D eigenvalue weighted by atomic mass is 10.2. The van der Waals surface area contributed by atoms with Crippen LogP contribution >= 0.6 is 0 Å². The molecule has 1 atom stereocenters. The highest BCUT2D eigenvalue weighted by Crippen LogP contribution is 2.24. The van der Waals surface area contributed by atoms with E-state index in [0.717, 1.165) is 5.52 Å². The van der Waals surface area contributed by atoms with Gasteiger partial charge in [0.15, 0.2) is 11.8 Å². The smallest absolute Gasteiger partial charge is 0.360 e. The van der Waals surface area contributed by atoms with Gasteiger partial charge in [-0.05, 0) is 37.3 Å². The summed E-state index contributed by atoms with van der Waals surface area (Å²) >= 11 is 0. The summed E-state index contributed by atoms with van der Waals surface area (Å²) in [6.45, 7) is 1.62. The average molecular weight is 352 g/mol. The second-order valence-electron chi connectivity index (χ2n) is 5.62. The SMILES string of the molecule is C[C@@H](OC(=O)c1n[nH]c2ccccc12)c1nnc(-c2ccc(F)cc2)o1. The molecule has 0 radical (unpaired) electrons. The van der Waals surface area contributed by atoms with Crippen molar-refractivity contribution in [2.24, 2.45) is 0 Å². The molecular formula is C18H13FN4O3. The number of para-hydroxylation sites is 1. The van der Waals surface area contributed by atoms with Crippen LogP contribution in [0.25, 0.3) is 22.4 Å². The van der Waals surface area contributed by atoms with Gasteiger partial charge in [-0.25, -0.2) is 9.18 Å². The van der Waals surface area contributed by atoms with Crippen molar-refractivity contribution in [2.45, 2.75) is 13.0 Å². The first-order valence-corrected chi connectivity index (χ1v) is 7.85. The fourth-order valence-corrected chi connectivity index (χ4v) is 2.49. The Kier molecular flexibility index (Phi) is 3.92. The zero-order valence-electron chi connectivity index (χ0n) is 13.6. The maximum Gasteiger partial charge on any atom is 0.360 e. The summed E-state index contributed by atoms with van der Waals surface area (Å²) in [6.07, 6.45) is -0.764. The standard InChI is InChI=1S/C18H13FN4O3/c1-10(16-22-23-17(26-16)11-6-8-12(19)9-7-11)25-18(24)15-13-4-2-3-5-14(13)20-21-15/h2-10H,1H3,(H,20,21)/t10-/m1/s1. The number of hydrogen-bond acceptors (Lipinski definition) is 6. The molecule has 2 heterocycles. The normalized spacial score (nSPS) is 12.2. The average Bonchev–Trinajstić information content (AvgIpc) is 3.30. The number of esters is 1. The Balaban J connectivity index is 1.52. The van der Waals surface area contributed by atoms with Crippen LogP contribution in [0, 0.1) is 5.82 Å². The highest BCUT2D eigenvalue weighted by atomic mass is 19.1. The zero-order chi connectivity index (χ0) is 18.1. The number of rotatable bonds is 4. The van der Waals surface area contributed by atoms with Crippen LogP contribution in [0.4, 0.5) is 4.39 Å². The van der Waals surface area contributed by atoms with Crippen molar-refractivity contribution >= 4 is 16.9 Å². The maximum absolute atomic E-state index is 13.0. The van der Waals surface area contributed by atoms with Crippen LogP contribution < -0.4 is 0 Å². The molecule has 130 valence electrons. The van der Waals surface area contributed by atoms with Gasteiger partial charge >= 0.3 is 5.97 Å². The third-order valence-electron chi connectivity index (χ3n) is 3.83. The number of carbonyl (C=O) groups is 1. The summed E-state index contributed by atoms with van der Waals surface area (Å²) in [7, 11) is 0. The molecule has 0 unspecified atom stereocenters. The summed E-state index contributed by atoms with van der Waals surface area (Å²) in [5.41, 5.74) is 1.50. The van der Waals surface area contributed by atoms with Gasteiger partial charge in [0.25, 0.3) is 5.89 Å². The molecule has 0 aliphatic carbocycles. The number of aromatic amines is 1. The van der Waals surface area contributed by atoms with E-state index >= 15 is 0 Å². The Morgan fingerprint density at radius 2 is 1.92 bits per heavy atom. The molecule has 0 saturated carbocycles. The molecule has 0 aliphatic rings. The molecule has 0 saturated heterocycles. The summed E-state index contributed by atoms with van der Waals surface area (Å²) < 4.78 is 23.9. The fraction of sp³-hybridized carbons (Fsp3) is 0.111. The van der Waals surface area contributed by atoms with Gasteiger partial charge in [0, 0.05) is 10.9 Å². The van der Waals surface area contributed by atoms with Crippen molar-refractivity contribution < 1.29 is 18.3 Å². The van der Waals surface area contributed by atoms with E-state index in [1.807, 2.05) is 18.2 Å². The second kappa shape index (κ2) is 6.40. The van der Waals surface area contributed by atoms with Gasteiger partial charge in [0.2, 0.25) is 5.89 Å². The predicted molar refractivity (Wildman–Crippen MR) is 89.6 cm³/mol. The first-order chi connectivity index (χ1) is 12.6. The van der Waals surface area contributed by atoms with Gasteiger partial charge in [0.1, 0.15) is 5.82 Å². The van der Waals surface area contributed by atoms with Gasteiger partial charge in [-0.2, -0.15) is 5.10 Å². The van der Waals surface area contributed by atoms with Crippen molar-refractivity contribution in [1.29, 1.82) is 0 Å². The summed E-state index contributed by atoms with van der Waals surface area (Å²) in [4.78, 5) is 12.4. The molecule has 2 aromatic carbocycles. The Hall–Kier alpha value is -3.55. The fourth-order valence-electron chi connectivity index (χ4n) is 2.49. The molecule has 4 rings (SSSR count). The van der Waals surface area contributed by atoms with Crippen molar-refractivity contribution in [1.82, 2.24) is 20.4 Å². The van der Waals surface area contributed by atoms with Crippen molar-refractivity contribution in [2.75, 3.05) is 0 Å². The first kappa shape index (κ1) is 15.9. The summed E-state index contributed by atoms with van der Waals surface area (Å²) in [5.74, 6) is -0.607. The van der Waals surface area contributed by atoms with Gasteiger partial charge in [0.05, 0.1) is 5.52 Å². The summed E-state index contributed by atoms with van der Waals surface area (Å²) in [6, 6.07) is 12.9. The number of benzene rings is 2. The molecule has 0 spiro atoms. The van der Waals surface area contributed by atoms with Gasteiger partial charge in [-0.15, -0.1) is 10.2 Å². The molecular weight excluding hydrogens is 339 g/mol. The van der Waals surface area contributed by atoms with Crippen LogP contribution in [-0.2, 0) is 4.74 Å². The van der Waals surface area contributed by atoms with Crippen LogP contribution in [0.15, 0.2) is 52.9 Å². The minimum absolute atomic E-state index is 0.137. The van der Waals surface area contributed by atoms with E-state index in [2.05, 4.69) is 20.4 Å².